The Kier molecular flexibility index (Phi) is 27.6. The minimum atomic E-state index is -0.512. The Morgan fingerprint density at radius 1 is 0.422 bits per heavy atom. The second-order valence-corrected chi connectivity index (χ2v) is 11.7. The zero-order chi connectivity index (χ0) is 33.7. The van der Waals surface area contributed by atoms with Crippen molar-refractivity contribution < 1.29 is 61.7 Å². The van der Waals surface area contributed by atoms with E-state index < -0.39 is 11.2 Å². The van der Waals surface area contributed by atoms with E-state index in [1.165, 1.54) is 4.90 Å². The fraction of sp³-hybridized carbons (Fsp3) is 0.935. The van der Waals surface area contributed by atoms with Crippen LogP contribution in [0.15, 0.2) is 0 Å². The van der Waals surface area contributed by atoms with Gasteiger partial charge in [0, 0.05) is 13.6 Å². The largest absolute Gasteiger partial charge is 0.460 e. The fourth-order valence-corrected chi connectivity index (χ4v) is 3.04. The average molecular weight is 656 g/mol. The maximum absolute atomic E-state index is 11.8. The highest BCUT2D eigenvalue weighted by Gasteiger charge is 2.19. The summed E-state index contributed by atoms with van der Waals surface area (Å²) >= 11 is 0. The van der Waals surface area contributed by atoms with Crippen molar-refractivity contribution in [3.05, 3.63) is 0 Å². The van der Waals surface area contributed by atoms with Gasteiger partial charge in [0.2, 0.25) is 0 Å². The van der Waals surface area contributed by atoms with Gasteiger partial charge in [-0.25, -0.2) is 4.79 Å². The quantitative estimate of drug-likeness (QED) is 0.0829. The number of likely N-dealkylation sites (N-methyl/N-ethyl adjacent to an activating group) is 1. The number of nitrogens with zero attached hydrogens (tertiary/aromatic N) is 1. The molecule has 0 radical (unpaired) electrons. The van der Waals surface area contributed by atoms with E-state index in [4.69, 9.17) is 52.1 Å². The summed E-state index contributed by atoms with van der Waals surface area (Å²) in [5.74, 6) is -0.268. The normalized spacial score (nSPS) is 12.0. The molecule has 0 rings (SSSR count). The highest BCUT2D eigenvalue weighted by molar-refractivity contribution is 5.69. The van der Waals surface area contributed by atoms with Crippen LogP contribution in [0.3, 0.4) is 0 Å². The van der Waals surface area contributed by atoms with Crippen molar-refractivity contribution in [2.45, 2.75) is 59.2 Å². The van der Waals surface area contributed by atoms with Gasteiger partial charge in [-0.1, -0.05) is 0 Å². The first-order chi connectivity index (χ1) is 21.4. The topological polar surface area (TPSA) is 139 Å². The molecule has 0 aliphatic rings. The number of amides is 1. The van der Waals surface area contributed by atoms with Crippen LogP contribution in [-0.4, -0.2) is 161 Å². The first-order valence-corrected chi connectivity index (χ1v) is 15.8. The van der Waals surface area contributed by atoms with Crippen LogP contribution in [0.4, 0.5) is 4.79 Å². The van der Waals surface area contributed by atoms with Gasteiger partial charge >= 0.3 is 12.1 Å². The molecule has 0 spiro atoms. The van der Waals surface area contributed by atoms with Crippen molar-refractivity contribution >= 4 is 12.1 Å². The van der Waals surface area contributed by atoms with Crippen molar-refractivity contribution in [1.82, 2.24) is 4.90 Å². The summed E-state index contributed by atoms with van der Waals surface area (Å²) in [6.45, 7) is 19.7. The first kappa shape index (κ1) is 43.4. The maximum atomic E-state index is 11.8. The van der Waals surface area contributed by atoms with Crippen LogP contribution >= 0.6 is 0 Å². The van der Waals surface area contributed by atoms with E-state index in [1.807, 2.05) is 41.5 Å². The Hall–Kier alpha value is -1.62. The summed E-state index contributed by atoms with van der Waals surface area (Å²) in [7, 11) is 1.68. The van der Waals surface area contributed by atoms with E-state index in [9.17, 15) is 9.59 Å². The Balaban J connectivity index is 3.20. The Morgan fingerprint density at radius 3 is 0.978 bits per heavy atom. The van der Waals surface area contributed by atoms with Gasteiger partial charge in [0.1, 0.15) is 11.2 Å². The number of rotatable bonds is 30. The number of ether oxygens (including phenoxy) is 11. The lowest BCUT2D eigenvalue weighted by Crippen LogP contribution is -2.36. The van der Waals surface area contributed by atoms with Gasteiger partial charge in [-0.2, -0.15) is 0 Å². The Morgan fingerprint density at radius 2 is 0.689 bits per heavy atom. The minimum Gasteiger partial charge on any atom is -0.460 e. The number of esters is 1. The van der Waals surface area contributed by atoms with E-state index in [-0.39, 0.29) is 18.5 Å². The smallest absolute Gasteiger partial charge is 0.410 e. The minimum absolute atomic E-state index is 0.229. The van der Waals surface area contributed by atoms with Gasteiger partial charge < -0.3 is 57.0 Å². The molecule has 0 aliphatic heterocycles. The van der Waals surface area contributed by atoms with Crippen LogP contribution in [0.25, 0.3) is 0 Å². The summed E-state index contributed by atoms with van der Waals surface area (Å²) in [4.78, 5) is 24.9. The Labute approximate surface area is 270 Å². The monoisotopic (exact) mass is 655 g/mol. The van der Waals surface area contributed by atoms with Gasteiger partial charge in [-0.3, -0.25) is 4.79 Å². The summed E-state index contributed by atoms with van der Waals surface area (Å²) in [5, 5.41) is 0. The van der Waals surface area contributed by atoms with Crippen molar-refractivity contribution in [1.29, 1.82) is 0 Å². The standard InChI is InChI=1S/C31H61NO13/c1-30(2,3)44-28(33)8-10-35-12-14-37-16-18-39-20-22-41-24-26-43-27-25-42-23-21-40-19-17-38-15-13-36-11-9-32(7)29(34)45-31(4,5)6/h8-27H2,1-7H3. The number of carbonyl (C=O) groups excluding carboxylic acids is 2. The molecular weight excluding hydrogens is 594 g/mol. The number of hydrogen-bond donors (Lipinski definition) is 0. The molecule has 0 N–H and O–H groups in total. The van der Waals surface area contributed by atoms with Gasteiger partial charge in [-0.15, -0.1) is 0 Å². The molecule has 0 saturated carbocycles. The predicted molar refractivity (Wildman–Crippen MR) is 167 cm³/mol. The van der Waals surface area contributed by atoms with Crippen LogP contribution in [0.5, 0.6) is 0 Å². The van der Waals surface area contributed by atoms with Crippen molar-refractivity contribution in [3.63, 3.8) is 0 Å². The molecule has 268 valence electrons. The highest BCUT2D eigenvalue weighted by Crippen LogP contribution is 2.09. The maximum Gasteiger partial charge on any atom is 0.410 e. The lowest BCUT2D eigenvalue weighted by Gasteiger charge is -2.24. The molecule has 0 aromatic heterocycles. The molecule has 0 aliphatic carbocycles. The van der Waals surface area contributed by atoms with Gasteiger partial charge in [0.05, 0.1) is 125 Å². The number of hydrogen-bond acceptors (Lipinski definition) is 13. The third-order valence-corrected chi connectivity index (χ3v) is 5.12. The third-order valence-electron chi connectivity index (χ3n) is 5.12. The SMILES string of the molecule is CN(CCOCCOCCOCCOCCOCCOCCOCCOCCOCCC(=O)OC(C)(C)C)C(=O)OC(C)(C)C. The van der Waals surface area contributed by atoms with E-state index in [0.717, 1.165) is 0 Å². The van der Waals surface area contributed by atoms with E-state index in [2.05, 4.69) is 0 Å². The van der Waals surface area contributed by atoms with E-state index >= 15 is 0 Å². The molecule has 0 atom stereocenters. The van der Waals surface area contributed by atoms with Gasteiger partial charge in [-0.05, 0) is 41.5 Å². The first-order valence-electron chi connectivity index (χ1n) is 15.8. The van der Waals surface area contributed by atoms with Crippen molar-refractivity contribution in [2.24, 2.45) is 0 Å². The Bertz CT molecular complexity index is 698. The zero-order valence-corrected chi connectivity index (χ0v) is 28.9. The van der Waals surface area contributed by atoms with Crippen LogP contribution in [0, 0.1) is 0 Å². The van der Waals surface area contributed by atoms with Crippen molar-refractivity contribution in [2.75, 3.05) is 133 Å². The molecule has 0 heterocycles. The fourth-order valence-electron chi connectivity index (χ4n) is 3.04. The van der Waals surface area contributed by atoms with Crippen LogP contribution in [-0.2, 0) is 56.9 Å². The number of carbonyl (C=O) groups is 2. The molecule has 0 unspecified atom stereocenters. The molecule has 1 amide bonds. The summed E-state index contributed by atoms with van der Waals surface area (Å²) < 4.78 is 59.5. The van der Waals surface area contributed by atoms with Gasteiger partial charge in [0.15, 0.2) is 0 Å². The lowest BCUT2D eigenvalue weighted by atomic mass is 10.2. The molecule has 14 nitrogen and oxygen atoms in total. The second-order valence-electron chi connectivity index (χ2n) is 11.7. The molecule has 0 aromatic rings. The zero-order valence-electron chi connectivity index (χ0n) is 28.9. The van der Waals surface area contributed by atoms with Crippen LogP contribution in [0.2, 0.25) is 0 Å². The van der Waals surface area contributed by atoms with Gasteiger partial charge in [0.25, 0.3) is 0 Å². The second kappa shape index (κ2) is 28.6. The molecule has 14 heteroatoms. The van der Waals surface area contributed by atoms with E-state index in [0.29, 0.717) is 125 Å². The van der Waals surface area contributed by atoms with Crippen LogP contribution < -0.4 is 0 Å². The molecule has 0 fully saturated rings. The van der Waals surface area contributed by atoms with Crippen molar-refractivity contribution in [3.8, 4) is 0 Å². The average Bonchev–Trinajstić information content (AvgIpc) is 2.94. The lowest BCUT2D eigenvalue weighted by molar-refractivity contribution is -0.156. The molecule has 0 bridgehead atoms. The molecule has 45 heavy (non-hydrogen) atoms. The molecule has 0 aromatic carbocycles. The highest BCUT2D eigenvalue weighted by atomic mass is 16.6. The summed E-state index contributed by atoms with van der Waals surface area (Å²) in [5.41, 5.74) is -0.988. The van der Waals surface area contributed by atoms with Crippen LogP contribution in [0.1, 0.15) is 48.0 Å². The predicted octanol–water partition coefficient (Wildman–Crippen LogP) is 2.73. The van der Waals surface area contributed by atoms with E-state index in [1.54, 1.807) is 7.05 Å². The summed E-state index contributed by atoms with van der Waals surface area (Å²) in [6, 6.07) is 0. The molecule has 0 saturated heterocycles. The molecular formula is C31H61NO13. The third kappa shape index (κ3) is 35.1. The summed E-state index contributed by atoms with van der Waals surface area (Å²) in [6.07, 6.45) is -0.138.